The molecule has 0 atom stereocenters. The maximum Gasteiger partial charge on any atom is 0.274 e. The lowest BCUT2D eigenvalue weighted by Crippen LogP contribution is -2.39. The fourth-order valence-electron chi connectivity index (χ4n) is 3.54. The standard InChI is InChI=1S/C19H23N3O.ClH/c23-19-18(16-4-2-1-3-5-16)8-11-20-22(19)17-9-12-21(13-10-17)14-15-6-7-15;/h1-5,8,11,15,17H,6-7,9-10,12-14H2;1H. The lowest BCUT2D eigenvalue weighted by molar-refractivity contribution is 0.171. The van der Waals surface area contributed by atoms with E-state index in [0.29, 0.717) is 0 Å². The van der Waals surface area contributed by atoms with Crippen LogP contribution in [0.25, 0.3) is 11.1 Å². The van der Waals surface area contributed by atoms with Gasteiger partial charge in [0.15, 0.2) is 0 Å². The number of likely N-dealkylation sites (tertiary alicyclic amines) is 1. The first kappa shape index (κ1) is 17.2. The summed E-state index contributed by atoms with van der Waals surface area (Å²) < 4.78 is 1.72. The van der Waals surface area contributed by atoms with Crippen molar-refractivity contribution in [3.63, 3.8) is 0 Å². The molecule has 2 aliphatic rings. The molecule has 0 radical (unpaired) electrons. The van der Waals surface area contributed by atoms with Crippen molar-refractivity contribution in [2.45, 2.75) is 31.7 Å². The zero-order chi connectivity index (χ0) is 15.6. The van der Waals surface area contributed by atoms with Crippen LogP contribution in [0.4, 0.5) is 0 Å². The molecule has 0 amide bonds. The topological polar surface area (TPSA) is 38.1 Å². The minimum absolute atomic E-state index is 0. The Labute approximate surface area is 148 Å². The molecule has 2 heterocycles. The minimum atomic E-state index is 0. The molecule has 0 spiro atoms. The maximum absolute atomic E-state index is 12.8. The normalized spacial score (nSPS) is 19.0. The van der Waals surface area contributed by atoms with Gasteiger partial charge in [-0.15, -0.1) is 12.4 Å². The summed E-state index contributed by atoms with van der Waals surface area (Å²) in [6, 6.07) is 11.9. The van der Waals surface area contributed by atoms with Crippen molar-refractivity contribution >= 4 is 12.4 Å². The fourth-order valence-corrected chi connectivity index (χ4v) is 3.54. The van der Waals surface area contributed by atoms with Crippen LogP contribution >= 0.6 is 12.4 Å². The number of hydrogen-bond donors (Lipinski definition) is 0. The molecular weight excluding hydrogens is 322 g/mol. The van der Waals surface area contributed by atoms with Gasteiger partial charge in [-0.3, -0.25) is 4.79 Å². The van der Waals surface area contributed by atoms with E-state index >= 15 is 0 Å². The van der Waals surface area contributed by atoms with E-state index < -0.39 is 0 Å². The van der Waals surface area contributed by atoms with Crippen LogP contribution in [0, 0.1) is 5.92 Å². The number of aromatic nitrogens is 2. The quantitative estimate of drug-likeness (QED) is 0.852. The molecule has 0 bridgehead atoms. The van der Waals surface area contributed by atoms with Crippen LogP contribution in [0.5, 0.6) is 0 Å². The van der Waals surface area contributed by atoms with Gasteiger partial charge in [-0.05, 0) is 43.2 Å². The molecule has 128 valence electrons. The van der Waals surface area contributed by atoms with Gasteiger partial charge in [0, 0.05) is 25.8 Å². The summed E-state index contributed by atoms with van der Waals surface area (Å²) >= 11 is 0. The van der Waals surface area contributed by atoms with Gasteiger partial charge in [-0.1, -0.05) is 30.3 Å². The Morgan fingerprint density at radius 2 is 1.71 bits per heavy atom. The van der Waals surface area contributed by atoms with Crippen molar-refractivity contribution in [3.05, 3.63) is 52.9 Å². The Kier molecular flexibility index (Phi) is 5.36. The minimum Gasteiger partial charge on any atom is -0.303 e. The number of halogens is 1. The van der Waals surface area contributed by atoms with E-state index in [0.717, 1.165) is 43.0 Å². The third-order valence-electron chi connectivity index (χ3n) is 5.07. The van der Waals surface area contributed by atoms with Gasteiger partial charge < -0.3 is 4.90 Å². The molecule has 1 saturated heterocycles. The van der Waals surface area contributed by atoms with E-state index in [2.05, 4.69) is 10.00 Å². The van der Waals surface area contributed by atoms with Crippen LogP contribution in [0.15, 0.2) is 47.4 Å². The Balaban J connectivity index is 0.00000169. The zero-order valence-electron chi connectivity index (χ0n) is 13.8. The molecule has 1 aromatic heterocycles. The Hall–Kier alpha value is -1.65. The fraction of sp³-hybridized carbons (Fsp3) is 0.474. The monoisotopic (exact) mass is 345 g/mol. The lowest BCUT2D eigenvalue weighted by atomic mass is 10.0. The van der Waals surface area contributed by atoms with Crippen LogP contribution in [-0.4, -0.2) is 34.3 Å². The van der Waals surface area contributed by atoms with E-state index in [1.807, 2.05) is 36.4 Å². The summed E-state index contributed by atoms with van der Waals surface area (Å²) in [6.07, 6.45) is 6.62. The first-order valence-electron chi connectivity index (χ1n) is 8.67. The molecule has 0 unspecified atom stereocenters. The highest BCUT2D eigenvalue weighted by molar-refractivity contribution is 5.85. The largest absolute Gasteiger partial charge is 0.303 e. The maximum atomic E-state index is 12.8. The number of hydrogen-bond acceptors (Lipinski definition) is 3. The Morgan fingerprint density at radius 3 is 2.38 bits per heavy atom. The molecule has 4 nitrogen and oxygen atoms in total. The zero-order valence-corrected chi connectivity index (χ0v) is 14.6. The molecule has 5 heteroatoms. The van der Waals surface area contributed by atoms with Gasteiger partial charge in [0.1, 0.15) is 0 Å². The molecule has 1 aliphatic carbocycles. The molecule has 0 N–H and O–H groups in total. The van der Waals surface area contributed by atoms with E-state index in [4.69, 9.17) is 0 Å². The van der Waals surface area contributed by atoms with Crippen LogP contribution in [0.3, 0.4) is 0 Å². The average Bonchev–Trinajstić information content (AvgIpc) is 3.41. The second-order valence-corrected chi connectivity index (χ2v) is 6.84. The van der Waals surface area contributed by atoms with Crippen molar-refractivity contribution < 1.29 is 0 Å². The van der Waals surface area contributed by atoms with Gasteiger partial charge in [-0.2, -0.15) is 5.10 Å². The molecule has 2 aromatic rings. The second-order valence-electron chi connectivity index (χ2n) is 6.84. The van der Waals surface area contributed by atoms with Crippen molar-refractivity contribution in [1.29, 1.82) is 0 Å². The highest BCUT2D eigenvalue weighted by atomic mass is 35.5. The lowest BCUT2D eigenvalue weighted by Gasteiger charge is -2.32. The number of rotatable bonds is 4. The van der Waals surface area contributed by atoms with Gasteiger partial charge in [-0.25, -0.2) is 4.68 Å². The first-order valence-corrected chi connectivity index (χ1v) is 8.67. The molecule has 1 aromatic carbocycles. The van der Waals surface area contributed by atoms with Crippen molar-refractivity contribution in [1.82, 2.24) is 14.7 Å². The van der Waals surface area contributed by atoms with E-state index in [9.17, 15) is 4.79 Å². The van der Waals surface area contributed by atoms with Gasteiger partial charge in [0.2, 0.25) is 0 Å². The van der Waals surface area contributed by atoms with Crippen LogP contribution in [0.1, 0.15) is 31.7 Å². The van der Waals surface area contributed by atoms with Gasteiger partial charge in [0.25, 0.3) is 5.56 Å². The third-order valence-corrected chi connectivity index (χ3v) is 5.07. The van der Waals surface area contributed by atoms with E-state index in [1.54, 1.807) is 10.9 Å². The van der Waals surface area contributed by atoms with E-state index in [1.165, 1.54) is 19.4 Å². The summed E-state index contributed by atoms with van der Waals surface area (Å²) in [5.41, 5.74) is 1.76. The van der Waals surface area contributed by atoms with Crippen LogP contribution in [-0.2, 0) is 0 Å². The van der Waals surface area contributed by atoms with E-state index in [-0.39, 0.29) is 24.0 Å². The molecule has 2 fully saturated rings. The number of nitrogens with zero attached hydrogens (tertiary/aromatic N) is 3. The number of piperidine rings is 1. The third kappa shape index (κ3) is 3.70. The first-order chi connectivity index (χ1) is 11.3. The molecule has 1 saturated carbocycles. The highest BCUT2D eigenvalue weighted by Crippen LogP contribution is 2.31. The summed E-state index contributed by atoms with van der Waals surface area (Å²) in [6.45, 7) is 3.43. The molecule has 1 aliphatic heterocycles. The summed E-state index contributed by atoms with van der Waals surface area (Å²) in [4.78, 5) is 15.4. The van der Waals surface area contributed by atoms with Crippen molar-refractivity contribution in [2.75, 3.05) is 19.6 Å². The predicted molar refractivity (Wildman–Crippen MR) is 98.6 cm³/mol. The summed E-state index contributed by atoms with van der Waals surface area (Å²) in [5, 5.41) is 4.37. The summed E-state index contributed by atoms with van der Waals surface area (Å²) in [5.74, 6) is 0.939. The molecule has 4 rings (SSSR count). The highest BCUT2D eigenvalue weighted by Gasteiger charge is 2.28. The van der Waals surface area contributed by atoms with Crippen molar-refractivity contribution in [3.8, 4) is 11.1 Å². The number of benzene rings is 1. The average molecular weight is 346 g/mol. The smallest absolute Gasteiger partial charge is 0.274 e. The van der Waals surface area contributed by atoms with Gasteiger partial charge >= 0.3 is 0 Å². The SMILES string of the molecule is Cl.O=c1c(-c2ccccc2)ccnn1C1CCN(CC2CC2)CC1. The molecular formula is C19H24ClN3O. The van der Waals surface area contributed by atoms with Gasteiger partial charge in [0.05, 0.1) is 11.6 Å². The Bertz CT molecular complexity index is 719. The summed E-state index contributed by atoms with van der Waals surface area (Å²) in [7, 11) is 0. The predicted octanol–water partition coefficient (Wildman–Crippen LogP) is 3.38. The molecule has 24 heavy (non-hydrogen) atoms. The Morgan fingerprint density at radius 1 is 1.00 bits per heavy atom. The van der Waals surface area contributed by atoms with Crippen molar-refractivity contribution in [2.24, 2.45) is 5.92 Å². The second kappa shape index (κ2) is 7.49. The van der Waals surface area contributed by atoms with Crippen LogP contribution < -0.4 is 5.56 Å². The van der Waals surface area contributed by atoms with Crippen LogP contribution in [0.2, 0.25) is 0 Å².